The third-order valence-corrected chi connectivity index (χ3v) is 4.01. The van der Waals surface area contributed by atoms with Crippen molar-refractivity contribution in [3.05, 3.63) is 71.8 Å². The lowest BCUT2D eigenvalue weighted by atomic mass is 10.0. The fraction of sp³-hybridized carbons (Fsp3) is 0.333. The molecular weight excluding hydrogens is 230 g/mol. The first-order chi connectivity index (χ1) is 9.43. The van der Waals surface area contributed by atoms with Gasteiger partial charge in [0.2, 0.25) is 0 Å². The molecule has 3 rings (SSSR count). The molecule has 1 unspecified atom stereocenters. The maximum absolute atomic E-state index is 3.21. The van der Waals surface area contributed by atoms with Crippen molar-refractivity contribution in [3.63, 3.8) is 0 Å². The fourth-order valence-corrected chi connectivity index (χ4v) is 3.00. The summed E-state index contributed by atoms with van der Waals surface area (Å²) in [7, 11) is 0. The van der Waals surface area contributed by atoms with Crippen LogP contribution in [0.1, 0.15) is 30.0 Å². The monoisotopic (exact) mass is 250 g/mol. The van der Waals surface area contributed by atoms with E-state index < -0.39 is 0 Å². The normalized spacial score (nSPS) is 19.7. The average molecular weight is 250 g/mol. The maximum atomic E-state index is 3.21. The Hall–Kier alpha value is -1.60. The Kier molecular flexibility index (Phi) is 3.95. The van der Waals surface area contributed by atoms with Crippen LogP contribution >= 0.6 is 0 Å². The molecule has 2 aromatic rings. The molecule has 19 heavy (non-hydrogen) atoms. The Bertz CT molecular complexity index is 492. The van der Waals surface area contributed by atoms with Gasteiger partial charge in [-0.25, -0.2) is 0 Å². The van der Waals surface area contributed by atoms with Crippen molar-refractivity contribution in [3.8, 4) is 0 Å². The van der Waals surface area contributed by atoms with E-state index in [9.17, 15) is 0 Å². The molecule has 1 fully saturated rings. The predicted molar refractivity (Wildman–Crippen MR) is 79.0 cm³/mol. The SMILES string of the molecule is [c]1cccc(C2CCCN2CCc2ccccc2)c1. The summed E-state index contributed by atoms with van der Waals surface area (Å²) >= 11 is 0. The molecule has 1 nitrogen and oxygen atoms in total. The van der Waals surface area contributed by atoms with Crippen LogP contribution in [0.4, 0.5) is 0 Å². The molecule has 2 aromatic carbocycles. The Morgan fingerprint density at radius 3 is 2.79 bits per heavy atom. The van der Waals surface area contributed by atoms with Crippen LogP contribution in [-0.2, 0) is 6.42 Å². The van der Waals surface area contributed by atoms with E-state index in [4.69, 9.17) is 0 Å². The molecule has 0 spiro atoms. The zero-order valence-corrected chi connectivity index (χ0v) is 11.3. The summed E-state index contributed by atoms with van der Waals surface area (Å²) in [6.07, 6.45) is 3.74. The van der Waals surface area contributed by atoms with Crippen molar-refractivity contribution in [2.75, 3.05) is 13.1 Å². The Balaban J connectivity index is 1.64. The molecule has 0 N–H and O–H groups in total. The van der Waals surface area contributed by atoms with Crippen LogP contribution in [0.15, 0.2) is 54.6 Å². The second-order valence-corrected chi connectivity index (χ2v) is 5.27. The van der Waals surface area contributed by atoms with Crippen LogP contribution in [0.25, 0.3) is 0 Å². The van der Waals surface area contributed by atoms with Gasteiger partial charge < -0.3 is 0 Å². The number of benzene rings is 2. The van der Waals surface area contributed by atoms with E-state index in [-0.39, 0.29) is 0 Å². The molecule has 1 radical (unpaired) electrons. The topological polar surface area (TPSA) is 3.24 Å². The number of nitrogens with zero attached hydrogens (tertiary/aromatic N) is 1. The first kappa shape index (κ1) is 12.4. The smallest absolute Gasteiger partial charge is 0.0348 e. The lowest BCUT2D eigenvalue weighted by Crippen LogP contribution is -2.25. The minimum Gasteiger partial charge on any atom is -0.296 e. The van der Waals surface area contributed by atoms with Gasteiger partial charge in [0.1, 0.15) is 0 Å². The molecule has 0 saturated carbocycles. The quantitative estimate of drug-likeness (QED) is 0.796. The van der Waals surface area contributed by atoms with Crippen molar-refractivity contribution < 1.29 is 0 Å². The van der Waals surface area contributed by atoms with E-state index in [0.717, 1.165) is 13.0 Å². The third-order valence-electron chi connectivity index (χ3n) is 4.01. The molecular formula is C18H20N. The second kappa shape index (κ2) is 6.03. The summed E-state index contributed by atoms with van der Waals surface area (Å²) in [4.78, 5) is 2.62. The van der Waals surface area contributed by atoms with Gasteiger partial charge in [-0.3, -0.25) is 4.90 Å². The van der Waals surface area contributed by atoms with Crippen LogP contribution in [0.2, 0.25) is 0 Å². The Morgan fingerprint density at radius 2 is 2.00 bits per heavy atom. The minimum absolute atomic E-state index is 0.598. The van der Waals surface area contributed by atoms with E-state index in [1.165, 1.54) is 30.5 Å². The van der Waals surface area contributed by atoms with Gasteiger partial charge in [-0.15, -0.1) is 0 Å². The summed E-state index contributed by atoms with van der Waals surface area (Å²) in [6.45, 7) is 2.38. The van der Waals surface area contributed by atoms with Gasteiger partial charge in [0.05, 0.1) is 0 Å². The van der Waals surface area contributed by atoms with Crippen LogP contribution < -0.4 is 0 Å². The molecule has 1 atom stereocenters. The van der Waals surface area contributed by atoms with Gasteiger partial charge in [-0.2, -0.15) is 0 Å². The van der Waals surface area contributed by atoms with E-state index >= 15 is 0 Å². The first-order valence-corrected chi connectivity index (χ1v) is 7.17. The van der Waals surface area contributed by atoms with Crippen molar-refractivity contribution in [1.82, 2.24) is 4.90 Å². The lowest BCUT2D eigenvalue weighted by molar-refractivity contribution is 0.260. The van der Waals surface area contributed by atoms with Crippen LogP contribution in [0.3, 0.4) is 0 Å². The van der Waals surface area contributed by atoms with Crippen LogP contribution in [-0.4, -0.2) is 18.0 Å². The van der Waals surface area contributed by atoms with Crippen molar-refractivity contribution >= 4 is 0 Å². The summed E-state index contributed by atoms with van der Waals surface area (Å²) in [5.74, 6) is 0. The summed E-state index contributed by atoms with van der Waals surface area (Å²) in [5.41, 5.74) is 2.86. The lowest BCUT2D eigenvalue weighted by Gasteiger charge is -2.24. The number of likely N-dealkylation sites (tertiary alicyclic amines) is 1. The summed E-state index contributed by atoms with van der Waals surface area (Å²) in [6, 6.07) is 23.1. The van der Waals surface area contributed by atoms with Crippen LogP contribution in [0.5, 0.6) is 0 Å². The third kappa shape index (κ3) is 3.05. The maximum Gasteiger partial charge on any atom is 0.0348 e. The number of rotatable bonds is 4. The predicted octanol–water partition coefficient (Wildman–Crippen LogP) is 3.87. The summed E-state index contributed by atoms with van der Waals surface area (Å²) in [5, 5.41) is 0. The summed E-state index contributed by atoms with van der Waals surface area (Å²) < 4.78 is 0. The molecule has 0 aliphatic carbocycles. The standard InChI is InChI=1S/C18H20N/c1-3-8-16(9-4-1)13-15-19-14-7-12-18(19)17-10-5-2-6-11-17/h1-5,8-11,18H,7,12-15H2. The largest absolute Gasteiger partial charge is 0.296 e. The molecule has 1 heteroatoms. The molecule has 0 aromatic heterocycles. The molecule has 1 aliphatic rings. The van der Waals surface area contributed by atoms with E-state index in [2.05, 4.69) is 59.5 Å². The second-order valence-electron chi connectivity index (χ2n) is 5.27. The van der Waals surface area contributed by atoms with E-state index in [1.807, 2.05) is 6.07 Å². The molecule has 1 aliphatic heterocycles. The van der Waals surface area contributed by atoms with Gasteiger partial charge in [0.25, 0.3) is 0 Å². The Labute approximate surface area is 115 Å². The molecule has 0 amide bonds. The highest BCUT2D eigenvalue weighted by Gasteiger charge is 2.25. The highest BCUT2D eigenvalue weighted by Crippen LogP contribution is 2.31. The fourth-order valence-electron chi connectivity index (χ4n) is 3.00. The Morgan fingerprint density at radius 1 is 1.11 bits per heavy atom. The van der Waals surface area contributed by atoms with E-state index in [0.29, 0.717) is 6.04 Å². The molecule has 0 bridgehead atoms. The van der Waals surface area contributed by atoms with Crippen molar-refractivity contribution in [1.29, 1.82) is 0 Å². The highest BCUT2D eigenvalue weighted by atomic mass is 15.2. The minimum atomic E-state index is 0.598. The molecule has 1 heterocycles. The molecule has 1 saturated heterocycles. The molecule has 97 valence electrons. The first-order valence-electron chi connectivity index (χ1n) is 7.17. The van der Waals surface area contributed by atoms with Gasteiger partial charge in [-0.1, -0.05) is 48.5 Å². The van der Waals surface area contributed by atoms with E-state index in [1.54, 1.807) is 0 Å². The average Bonchev–Trinajstić information content (AvgIpc) is 2.95. The van der Waals surface area contributed by atoms with Gasteiger partial charge >= 0.3 is 0 Å². The van der Waals surface area contributed by atoms with Crippen molar-refractivity contribution in [2.45, 2.75) is 25.3 Å². The number of hydrogen-bond donors (Lipinski definition) is 0. The highest BCUT2D eigenvalue weighted by molar-refractivity contribution is 5.20. The van der Waals surface area contributed by atoms with Gasteiger partial charge in [0, 0.05) is 12.6 Å². The number of hydrogen-bond acceptors (Lipinski definition) is 1. The zero-order chi connectivity index (χ0) is 12.9. The van der Waals surface area contributed by atoms with Crippen LogP contribution in [0, 0.1) is 6.07 Å². The van der Waals surface area contributed by atoms with Crippen molar-refractivity contribution in [2.24, 2.45) is 0 Å². The van der Waals surface area contributed by atoms with Gasteiger partial charge in [-0.05, 0) is 49.1 Å². The van der Waals surface area contributed by atoms with Gasteiger partial charge in [0.15, 0.2) is 0 Å². The zero-order valence-electron chi connectivity index (χ0n) is 11.3.